The minimum Gasteiger partial charge on any atom is -0.381 e. The Kier molecular flexibility index (Phi) is 6.04. The first-order valence-electron chi connectivity index (χ1n) is 9.21. The van der Waals surface area contributed by atoms with Gasteiger partial charge in [0.2, 0.25) is 0 Å². The van der Waals surface area contributed by atoms with E-state index in [1.807, 2.05) is 11.0 Å². The zero-order valence-electron chi connectivity index (χ0n) is 15.4. The highest BCUT2D eigenvalue weighted by Crippen LogP contribution is 2.25. The van der Waals surface area contributed by atoms with Gasteiger partial charge in [0.15, 0.2) is 0 Å². The van der Waals surface area contributed by atoms with Crippen molar-refractivity contribution in [3.63, 3.8) is 0 Å². The lowest BCUT2D eigenvalue weighted by atomic mass is 9.88. The monoisotopic (exact) mass is 359 g/mol. The van der Waals surface area contributed by atoms with Crippen LogP contribution in [0.4, 0.5) is 4.39 Å². The number of aromatic nitrogens is 2. The van der Waals surface area contributed by atoms with Crippen molar-refractivity contribution in [2.45, 2.75) is 38.7 Å². The summed E-state index contributed by atoms with van der Waals surface area (Å²) in [6.45, 7) is 3.34. The molecule has 1 aromatic carbocycles. The van der Waals surface area contributed by atoms with Gasteiger partial charge in [0.25, 0.3) is 5.91 Å². The van der Waals surface area contributed by atoms with Gasteiger partial charge in [-0.05, 0) is 37.0 Å². The van der Waals surface area contributed by atoms with Gasteiger partial charge in [0.05, 0.1) is 17.9 Å². The Hall–Kier alpha value is -2.21. The topological polar surface area (TPSA) is 58.2 Å². The molecule has 6 heteroatoms. The van der Waals surface area contributed by atoms with Crippen LogP contribution in [0.2, 0.25) is 0 Å². The van der Waals surface area contributed by atoms with Crippen LogP contribution in [0, 0.1) is 11.7 Å². The van der Waals surface area contributed by atoms with Gasteiger partial charge in [-0.3, -0.25) is 9.89 Å². The van der Waals surface area contributed by atoms with E-state index in [4.69, 9.17) is 4.74 Å². The molecule has 0 unspecified atom stereocenters. The summed E-state index contributed by atoms with van der Waals surface area (Å²) in [6.07, 6.45) is 4.92. The molecule has 2 heterocycles. The number of amides is 1. The summed E-state index contributed by atoms with van der Waals surface area (Å²) >= 11 is 0. The molecule has 3 rings (SSSR count). The lowest BCUT2D eigenvalue weighted by molar-refractivity contribution is -0.00304. The zero-order chi connectivity index (χ0) is 18.5. The minimum absolute atomic E-state index is 0.0148. The Balaban J connectivity index is 1.74. The van der Waals surface area contributed by atoms with Crippen LogP contribution >= 0.6 is 0 Å². The SMILES string of the molecule is CCCc1[nH]ncc1C(=O)N1CC[C@H](OC)[C@H](Cc2cccc(F)c2)C1. The number of ether oxygens (including phenoxy) is 1. The van der Waals surface area contributed by atoms with Crippen molar-refractivity contribution < 1.29 is 13.9 Å². The Labute approximate surface area is 153 Å². The van der Waals surface area contributed by atoms with E-state index < -0.39 is 0 Å². The molecule has 26 heavy (non-hydrogen) atoms. The third-order valence-corrected chi connectivity index (χ3v) is 5.09. The number of benzene rings is 1. The standard InChI is InChI=1S/C20H26FN3O2/c1-3-5-18-17(12-22-23-18)20(25)24-9-8-19(26-2)15(13-24)10-14-6-4-7-16(21)11-14/h4,6-7,11-12,15,19H,3,5,8-10,13H2,1-2H3,(H,22,23)/t15-,19+/m1/s1. The maximum absolute atomic E-state index is 13.5. The number of nitrogens with zero attached hydrogens (tertiary/aromatic N) is 2. The number of likely N-dealkylation sites (tertiary alicyclic amines) is 1. The largest absolute Gasteiger partial charge is 0.381 e. The van der Waals surface area contributed by atoms with Crippen molar-refractivity contribution in [3.05, 3.63) is 53.1 Å². The summed E-state index contributed by atoms with van der Waals surface area (Å²) in [6, 6.07) is 6.65. The molecular formula is C20H26FN3O2. The number of aromatic amines is 1. The highest BCUT2D eigenvalue weighted by molar-refractivity contribution is 5.95. The normalized spacial score (nSPS) is 20.3. The molecule has 2 atom stereocenters. The number of halogens is 1. The van der Waals surface area contributed by atoms with Gasteiger partial charge in [0, 0.05) is 31.8 Å². The number of rotatable bonds is 6. The Morgan fingerprint density at radius 1 is 1.46 bits per heavy atom. The maximum atomic E-state index is 13.5. The number of nitrogens with one attached hydrogen (secondary N) is 1. The van der Waals surface area contributed by atoms with E-state index in [1.54, 1.807) is 25.4 Å². The second-order valence-corrected chi connectivity index (χ2v) is 6.92. The summed E-state index contributed by atoms with van der Waals surface area (Å²) in [5.41, 5.74) is 2.49. The Bertz CT molecular complexity index is 746. The smallest absolute Gasteiger partial charge is 0.257 e. The van der Waals surface area contributed by atoms with E-state index in [9.17, 15) is 9.18 Å². The van der Waals surface area contributed by atoms with E-state index in [2.05, 4.69) is 17.1 Å². The average Bonchev–Trinajstić information content (AvgIpc) is 3.10. The summed E-state index contributed by atoms with van der Waals surface area (Å²) in [7, 11) is 1.70. The molecule has 0 radical (unpaired) electrons. The highest BCUT2D eigenvalue weighted by Gasteiger charge is 2.33. The Morgan fingerprint density at radius 2 is 2.31 bits per heavy atom. The molecule has 1 aromatic heterocycles. The van der Waals surface area contributed by atoms with Gasteiger partial charge in [-0.2, -0.15) is 5.10 Å². The van der Waals surface area contributed by atoms with Crippen LogP contribution < -0.4 is 0 Å². The molecule has 2 aromatic rings. The van der Waals surface area contributed by atoms with Crippen LogP contribution in [0.25, 0.3) is 0 Å². The molecule has 1 N–H and O–H groups in total. The molecule has 0 bridgehead atoms. The molecular weight excluding hydrogens is 333 g/mol. The molecule has 1 aliphatic heterocycles. The van der Waals surface area contributed by atoms with Gasteiger partial charge in [-0.25, -0.2) is 4.39 Å². The first-order chi connectivity index (χ1) is 12.6. The summed E-state index contributed by atoms with van der Waals surface area (Å²) in [4.78, 5) is 14.8. The Morgan fingerprint density at radius 3 is 3.04 bits per heavy atom. The fourth-order valence-electron chi connectivity index (χ4n) is 3.78. The van der Waals surface area contributed by atoms with Gasteiger partial charge in [-0.15, -0.1) is 0 Å². The van der Waals surface area contributed by atoms with Gasteiger partial charge < -0.3 is 9.64 Å². The van der Waals surface area contributed by atoms with E-state index >= 15 is 0 Å². The minimum atomic E-state index is -0.234. The van der Waals surface area contributed by atoms with Crippen molar-refractivity contribution >= 4 is 5.91 Å². The second-order valence-electron chi connectivity index (χ2n) is 6.92. The predicted molar refractivity (Wildman–Crippen MR) is 97.5 cm³/mol. The second kappa shape index (κ2) is 8.45. The van der Waals surface area contributed by atoms with Gasteiger partial charge in [0.1, 0.15) is 5.82 Å². The van der Waals surface area contributed by atoms with Crippen LogP contribution in [0.15, 0.2) is 30.5 Å². The average molecular weight is 359 g/mol. The van der Waals surface area contributed by atoms with Crippen LogP contribution in [0.1, 0.15) is 41.4 Å². The molecule has 5 nitrogen and oxygen atoms in total. The number of hydrogen-bond acceptors (Lipinski definition) is 3. The molecule has 1 fully saturated rings. The van der Waals surface area contributed by atoms with Crippen LogP contribution in [0.3, 0.4) is 0 Å². The number of piperidine rings is 1. The first kappa shape index (κ1) is 18.6. The predicted octanol–water partition coefficient (Wildman–Crippen LogP) is 3.22. The fraction of sp³-hybridized carbons (Fsp3) is 0.500. The van der Waals surface area contributed by atoms with E-state index in [1.165, 1.54) is 6.07 Å². The third-order valence-electron chi connectivity index (χ3n) is 5.09. The van der Waals surface area contributed by atoms with Crippen molar-refractivity contribution in [1.82, 2.24) is 15.1 Å². The summed E-state index contributed by atoms with van der Waals surface area (Å²) in [5.74, 6) is -0.0789. The summed E-state index contributed by atoms with van der Waals surface area (Å²) in [5, 5.41) is 6.99. The molecule has 0 aliphatic carbocycles. The van der Waals surface area contributed by atoms with Crippen molar-refractivity contribution in [1.29, 1.82) is 0 Å². The first-order valence-corrected chi connectivity index (χ1v) is 9.21. The molecule has 140 valence electrons. The van der Waals surface area contributed by atoms with Crippen LogP contribution in [0.5, 0.6) is 0 Å². The molecule has 1 aliphatic rings. The van der Waals surface area contributed by atoms with Crippen LogP contribution in [-0.4, -0.2) is 47.3 Å². The van der Waals surface area contributed by atoms with Crippen LogP contribution in [-0.2, 0) is 17.6 Å². The van der Waals surface area contributed by atoms with E-state index in [0.717, 1.165) is 30.5 Å². The number of aryl methyl sites for hydroxylation is 1. The molecule has 1 saturated heterocycles. The van der Waals surface area contributed by atoms with Crippen molar-refractivity contribution in [3.8, 4) is 0 Å². The summed E-state index contributed by atoms with van der Waals surface area (Å²) < 4.78 is 19.1. The lowest BCUT2D eigenvalue weighted by Crippen LogP contribution is -2.47. The number of hydrogen-bond donors (Lipinski definition) is 1. The lowest BCUT2D eigenvalue weighted by Gasteiger charge is -2.38. The van der Waals surface area contributed by atoms with Gasteiger partial charge in [-0.1, -0.05) is 25.5 Å². The maximum Gasteiger partial charge on any atom is 0.257 e. The quantitative estimate of drug-likeness (QED) is 0.861. The number of carbonyl (C=O) groups excluding carboxylic acids is 1. The highest BCUT2D eigenvalue weighted by atomic mass is 19.1. The van der Waals surface area contributed by atoms with E-state index in [0.29, 0.717) is 25.1 Å². The molecule has 1 amide bonds. The van der Waals surface area contributed by atoms with Gasteiger partial charge >= 0.3 is 0 Å². The van der Waals surface area contributed by atoms with Crippen molar-refractivity contribution in [2.24, 2.45) is 5.92 Å². The third kappa shape index (κ3) is 4.12. The number of methoxy groups -OCH3 is 1. The zero-order valence-corrected chi connectivity index (χ0v) is 15.4. The fourth-order valence-corrected chi connectivity index (χ4v) is 3.78. The molecule has 0 saturated carbocycles. The van der Waals surface area contributed by atoms with Crippen molar-refractivity contribution in [2.75, 3.05) is 20.2 Å². The number of carbonyl (C=O) groups is 1. The number of H-pyrrole nitrogens is 1. The molecule has 0 spiro atoms. The van der Waals surface area contributed by atoms with E-state index in [-0.39, 0.29) is 23.7 Å².